The monoisotopic (exact) mass is 423 g/mol. The van der Waals surface area contributed by atoms with Crippen LogP contribution in [0.3, 0.4) is 0 Å². The summed E-state index contributed by atoms with van der Waals surface area (Å²) >= 11 is 0. The molecule has 30 heavy (non-hydrogen) atoms. The second kappa shape index (κ2) is 17.4. The van der Waals surface area contributed by atoms with Crippen molar-refractivity contribution in [3.05, 3.63) is 12.2 Å². The lowest BCUT2D eigenvalue weighted by Crippen LogP contribution is -2.47. The van der Waals surface area contributed by atoms with Crippen molar-refractivity contribution >= 4 is 11.9 Å². The van der Waals surface area contributed by atoms with Crippen LogP contribution in [-0.2, 0) is 9.59 Å². The molecule has 0 heterocycles. The predicted octanol–water partition coefficient (Wildman–Crippen LogP) is 7.28. The lowest BCUT2D eigenvalue weighted by molar-refractivity contribution is -0.144. The summed E-state index contributed by atoms with van der Waals surface area (Å²) in [5, 5.41) is 12.1. The van der Waals surface area contributed by atoms with Crippen molar-refractivity contribution in [1.29, 1.82) is 0 Å². The molecular weight excluding hydrogens is 374 g/mol. The largest absolute Gasteiger partial charge is 0.480 e. The van der Waals surface area contributed by atoms with Gasteiger partial charge in [-0.1, -0.05) is 98.1 Å². The van der Waals surface area contributed by atoms with Gasteiger partial charge in [-0.25, -0.2) is 4.79 Å². The van der Waals surface area contributed by atoms with E-state index in [0.717, 1.165) is 25.7 Å². The van der Waals surface area contributed by atoms with Crippen molar-refractivity contribution in [1.82, 2.24) is 5.32 Å². The number of nitrogens with one attached hydrogen (secondary N) is 1. The number of hydrogen-bond acceptors (Lipinski definition) is 2. The van der Waals surface area contributed by atoms with Crippen LogP contribution < -0.4 is 5.32 Å². The predicted molar refractivity (Wildman–Crippen MR) is 128 cm³/mol. The van der Waals surface area contributed by atoms with Crippen LogP contribution in [0, 0.1) is 11.3 Å². The molecule has 0 aromatic rings. The molecule has 4 nitrogen and oxygen atoms in total. The number of carbonyl (C=O) groups is 2. The fourth-order valence-corrected chi connectivity index (χ4v) is 3.62. The van der Waals surface area contributed by atoms with Gasteiger partial charge in [0.15, 0.2) is 0 Å². The minimum Gasteiger partial charge on any atom is -0.480 e. The number of unbranched alkanes of at least 4 members (excludes halogenated alkanes) is 10. The van der Waals surface area contributed by atoms with Gasteiger partial charge in [0.25, 0.3) is 0 Å². The SMILES string of the molecule is CCCCCCCCC=CCCCCCCC(C)(C)C(=O)N[C@@H](CC(C)C)C(=O)O. The van der Waals surface area contributed by atoms with Crippen molar-refractivity contribution in [3.8, 4) is 0 Å². The van der Waals surface area contributed by atoms with Crippen LogP contribution in [0.2, 0.25) is 0 Å². The van der Waals surface area contributed by atoms with Crippen LogP contribution in [0.1, 0.15) is 125 Å². The van der Waals surface area contributed by atoms with Crippen LogP contribution in [0.15, 0.2) is 12.2 Å². The van der Waals surface area contributed by atoms with E-state index in [0.29, 0.717) is 6.42 Å². The maximum absolute atomic E-state index is 12.5. The van der Waals surface area contributed by atoms with Gasteiger partial charge in [-0.2, -0.15) is 0 Å². The Hall–Kier alpha value is -1.32. The molecule has 0 unspecified atom stereocenters. The van der Waals surface area contributed by atoms with Crippen molar-refractivity contribution in [2.24, 2.45) is 11.3 Å². The minimum atomic E-state index is -0.947. The Labute approximate surface area is 186 Å². The quantitative estimate of drug-likeness (QED) is 0.169. The first-order chi connectivity index (χ1) is 14.2. The molecule has 0 rings (SSSR count). The number of rotatable bonds is 19. The van der Waals surface area contributed by atoms with Gasteiger partial charge in [0, 0.05) is 5.41 Å². The third-order valence-corrected chi connectivity index (χ3v) is 5.74. The molecule has 0 fully saturated rings. The third-order valence-electron chi connectivity index (χ3n) is 5.74. The van der Waals surface area contributed by atoms with E-state index in [9.17, 15) is 14.7 Å². The van der Waals surface area contributed by atoms with E-state index in [1.54, 1.807) is 0 Å². The van der Waals surface area contributed by atoms with E-state index >= 15 is 0 Å². The number of carboxylic acids is 1. The molecule has 1 atom stereocenters. The molecule has 0 bridgehead atoms. The standard InChI is InChI=1S/C26H49NO3/c1-6-7-8-9-10-11-12-13-14-15-16-17-18-19-20-26(4,5)25(30)27-23(24(28)29)21-22(2)3/h13-14,22-23H,6-12,15-21H2,1-5H3,(H,27,30)(H,28,29)/t23-/m0/s1. The normalized spacial score (nSPS) is 13.1. The summed E-state index contributed by atoms with van der Waals surface area (Å²) in [6.07, 6.45) is 20.9. The zero-order valence-electron chi connectivity index (χ0n) is 20.5. The summed E-state index contributed by atoms with van der Waals surface area (Å²) in [4.78, 5) is 23.9. The number of amides is 1. The number of aliphatic carboxylic acids is 1. The molecule has 176 valence electrons. The summed E-state index contributed by atoms with van der Waals surface area (Å²) in [6, 6.07) is -0.792. The highest BCUT2D eigenvalue weighted by atomic mass is 16.4. The Kier molecular flexibility index (Phi) is 16.6. The van der Waals surface area contributed by atoms with Gasteiger partial charge < -0.3 is 10.4 Å². The average molecular weight is 424 g/mol. The van der Waals surface area contributed by atoms with Crippen molar-refractivity contribution < 1.29 is 14.7 Å². The highest BCUT2D eigenvalue weighted by Crippen LogP contribution is 2.25. The molecule has 0 aliphatic carbocycles. The van der Waals surface area contributed by atoms with E-state index in [4.69, 9.17) is 0 Å². The molecule has 0 spiro atoms. The van der Waals surface area contributed by atoms with Gasteiger partial charge in [0.2, 0.25) is 5.91 Å². The van der Waals surface area contributed by atoms with E-state index < -0.39 is 17.4 Å². The Bertz CT molecular complexity index is 483. The van der Waals surface area contributed by atoms with Crippen molar-refractivity contribution in [2.75, 3.05) is 0 Å². The van der Waals surface area contributed by atoms with Crippen LogP contribution in [0.4, 0.5) is 0 Å². The van der Waals surface area contributed by atoms with E-state index in [1.165, 1.54) is 57.8 Å². The first kappa shape index (κ1) is 28.7. The molecule has 2 N–H and O–H groups in total. The number of allylic oxidation sites excluding steroid dienone is 2. The first-order valence-corrected chi connectivity index (χ1v) is 12.4. The van der Waals surface area contributed by atoms with E-state index in [1.807, 2.05) is 27.7 Å². The maximum atomic E-state index is 12.5. The fourth-order valence-electron chi connectivity index (χ4n) is 3.62. The zero-order chi connectivity index (χ0) is 22.8. The van der Waals surface area contributed by atoms with Gasteiger partial charge in [-0.15, -0.1) is 0 Å². The lowest BCUT2D eigenvalue weighted by Gasteiger charge is -2.26. The molecule has 0 saturated carbocycles. The highest BCUT2D eigenvalue weighted by molar-refractivity contribution is 5.86. The highest BCUT2D eigenvalue weighted by Gasteiger charge is 2.31. The van der Waals surface area contributed by atoms with Crippen LogP contribution >= 0.6 is 0 Å². The summed E-state index contributed by atoms with van der Waals surface area (Å²) in [5.74, 6) is -0.861. The molecule has 4 heteroatoms. The second-order valence-corrected chi connectivity index (χ2v) is 9.86. The number of hydrogen-bond donors (Lipinski definition) is 2. The van der Waals surface area contributed by atoms with E-state index in [-0.39, 0.29) is 11.8 Å². The van der Waals surface area contributed by atoms with Crippen molar-refractivity contribution in [3.63, 3.8) is 0 Å². The molecule has 0 saturated heterocycles. The molecule has 0 aliphatic rings. The van der Waals surface area contributed by atoms with Gasteiger partial charge in [-0.3, -0.25) is 4.79 Å². The summed E-state index contributed by atoms with van der Waals surface area (Å²) in [7, 11) is 0. The number of carbonyl (C=O) groups excluding carboxylic acids is 1. The topological polar surface area (TPSA) is 66.4 Å². The minimum absolute atomic E-state index is 0.145. The Balaban J connectivity index is 3.86. The molecule has 0 radical (unpaired) electrons. The first-order valence-electron chi connectivity index (χ1n) is 12.4. The Morgan fingerprint density at radius 3 is 1.87 bits per heavy atom. The zero-order valence-corrected chi connectivity index (χ0v) is 20.5. The van der Waals surface area contributed by atoms with Gasteiger partial charge in [0.05, 0.1) is 0 Å². The average Bonchev–Trinajstić information content (AvgIpc) is 2.67. The van der Waals surface area contributed by atoms with Crippen LogP contribution in [0.5, 0.6) is 0 Å². The summed E-state index contributed by atoms with van der Waals surface area (Å²) in [5.41, 5.74) is -0.526. The number of carboxylic acid groups (broad SMARTS) is 1. The third kappa shape index (κ3) is 15.5. The van der Waals surface area contributed by atoms with Gasteiger partial charge in [0.1, 0.15) is 6.04 Å². The smallest absolute Gasteiger partial charge is 0.326 e. The summed E-state index contributed by atoms with van der Waals surface area (Å²) in [6.45, 7) is 10.0. The Morgan fingerprint density at radius 2 is 1.37 bits per heavy atom. The fraction of sp³-hybridized carbons (Fsp3) is 0.846. The lowest BCUT2D eigenvalue weighted by atomic mass is 9.85. The van der Waals surface area contributed by atoms with Crippen LogP contribution in [-0.4, -0.2) is 23.0 Å². The molecule has 0 aliphatic heterocycles. The maximum Gasteiger partial charge on any atom is 0.326 e. The van der Waals surface area contributed by atoms with E-state index in [2.05, 4.69) is 24.4 Å². The molecule has 1 amide bonds. The van der Waals surface area contributed by atoms with Gasteiger partial charge >= 0.3 is 5.97 Å². The summed E-state index contributed by atoms with van der Waals surface area (Å²) < 4.78 is 0. The molecular formula is C26H49NO3. The second-order valence-electron chi connectivity index (χ2n) is 9.86. The molecule has 0 aromatic heterocycles. The van der Waals surface area contributed by atoms with Gasteiger partial charge in [-0.05, 0) is 44.4 Å². The molecule has 0 aromatic carbocycles. The van der Waals surface area contributed by atoms with Crippen molar-refractivity contribution in [2.45, 2.75) is 131 Å². The Morgan fingerprint density at radius 1 is 0.867 bits per heavy atom. The van der Waals surface area contributed by atoms with Crippen LogP contribution in [0.25, 0.3) is 0 Å².